The van der Waals surface area contributed by atoms with Crippen LogP contribution in [0, 0.1) is 0 Å². The second kappa shape index (κ2) is 10.3. The molecular weight excluding hydrogens is 414 g/mol. The number of hydrogen-bond acceptors (Lipinski definition) is 5. The molecule has 0 N–H and O–H groups in total. The molecular formula is C23H35N3O4S. The van der Waals surface area contributed by atoms with Crippen LogP contribution in [0.3, 0.4) is 0 Å². The Balaban J connectivity index is 1.71. The summed E-state index contributed by atoms with van der Waals surface area (Å²) < 4.78 is 34.6. The van der Waals surface area contributed by atoms with Gasteiger partial charge >= 0.3 is 0 Å². The predicted molar refractivity (Wildman–Crippen MR) is 121 cm³/mol. The molecule has 7 nitrogen and oxygen atoms in total. The first-order valence-electron chi connectivity index (χ1n) is 11.8. The summed E-state index contributed by atoms with van der Waals surface area (Å²) in [6, 6.07) is 5.31. The van der Waals surface area contributed by atoms with Crippen molar-refractivity contribution in [2.45, 2.75) is 56.3 Å². The molecule has 8 heteroatoms. The standard InChI is InChI=1S/C23H35N3O4S/c27-23(25-15-17-30-18-16-25)20-9-10-21(24-11-5-1-2-6-12-24)22(19-20)31(28,29)26-13-7-3-4-8-14-26/h9-10,19H,1-8,11-18H2. The maximum Gasteiger partial charge on any atom is 0.254 e. The van der Waals surface area contributed by atoms with Crippen LogP contribution in [-0.4, -0.2) is 76.0 Å². The summed E-state index contributed by atoms with van der Waals surface area (Å²) >= 11 is 0. The van der Waals surface area contributed by atoms with E-state index in [0.717, 1.165) is 57.3 Å². The van der Waals surface area contributed by atoms with Gasteiger partial charge in [0, 0.05) is 44.8 Å². The molecule has 172 valence electrons. The van der Waals surface area contributed by atoms with Crippen molar-refractivity contribution in [1.29, 1.82) is 0 Å². The van der Waals surface area contributed by atoms with Gasteiger partial charge in [0.25, 0.3) is 5.91 Å². The van der Waals surface area contributed by atoms with Crippen molar-refractivity contribution < 1.29 is 17.9 Å². The molecule has 3 aliphatic rings. The van der Waals surface area contributed by atoms with Crippen LogP contribution in [-0.2, 0) is 14.8 Å². The largest absolute Gasteiger partial charge is 0.378 e. The van der Waals surface area contributed by atoms with Crippen molar-refractivity contribution in [3.8, 4) is 0 Å². The third-order valence-corrected chi connectivity index (χ3v) is 8.56. The molecule has 4 rings (SSSR count). The maximum atomic E-state index is 13.8. The predicted octanol–water partition coefficient (Wildman–Crippen LogP) is 3.10. The molecule has 3 heterocycles. The van der Waals surface area contributed by atoms with Gasteiger partial charge in [-0.05, 0) is 43.9 Å². The fourth-order valence-corrected chi connectivity index (χ4v) is 6.55. The molecule has 1 aromatic rings. The summed E-state index contributed by atoms with van der Waals surface area (Å²) in [4.78, 5) is 17.4. The number of rotatable bonds is 4. The molecule has 0 aliphatic carbocycles. The SMILES string of the molecule is O=C(c1ccc(N2CCCCCC2)c(S(=O)(=O)N2CCCCCC2)c1)N1CCOCC1. The Bertz CT molecular complexity index is 852. The van der Waals surface area contributed by atoms with Gasteiger partial charge in [0.1, 0.15) is 4.90 Å². The summed E-state index contributed by atoms with van der Waals surface area (Å²) in [7, 11) is -3.67. The van der Waals surface area contributed by atoms with E-state index in [0.29, 0.717) is 49.9 Å². The van der Waals surface area contributed by atoms with Gasteiger partial charge in [0.05, 0.1) is 18.9 Å². The van der Waals surface area contributed by atoms with Crippen LogP contribution >= 0.6 is 0 Å². The second-order valence-corrected chi connectivity index (χ2v) is 10.7. The van der Waals surface area contributed by atoms with Gasteiger partial charge in [-0.15, -0.1) is 0 Å². The molecule has 31 heavy (non-hydrogen) atoms. The number of amides is 1. The molecule has 0 spiro atoms. The molecule has 0 unspecified atom stereocenters. The molecule has 3 fully saturated rings. The van der Waals surface area contributed by atoms with Crippen LogP contribution in [0.25, 0.3) is 0 Å². The summed E-state index contributed by atoms with van der Waals surface area (Å²) in [5, 5.41) is 0. The van der Waals surface area contributed by atoms with Gasteiger partial charge in [-0.25, -0.2) is 8.42 Å². The Labute approximate surface area is 186 Å². The molecule has 3 aliphatic heterocycles. The van der Waals surface area contributed by atoms with Gasteiger partial charge in [0.2, 0.25) is 10.0 Å². The zero-order valence-electron chi connectivity index (χ0n) is 18.4. The zero-order valence-corrected chi connectivity index (χ0v) is 19.2. The lowest BCUT2D eigenvalue weighted by Gasteiger charge is -2.30. The topological polar surface area (TPSA) is 70.2 Å². The molecule has 0 bridgehead atoms. The van der Waals surface area contributed by atoms with E-state index in [2.05, 4.69) is 4.90 Å². The van der Waals surface area contributed by atoms with E-state index in [4.69, 9.17) is 4.74 Å². The third-order valence-electron chi connectivity index (χ3n) is 6.63. The van der Waals surface area contributed by atoms with Crippen molar-refractivity contribution in [2.24, 2.45) is 0 Å². The van der Waals surface area contributed by atoms with E-state index in [9.17, 15) is 13.2 Å². The van der Waals surface area contributed by atoms with E-state index in [1.54, 1.807) is 21.3 Å². The second-order valence-electron chi connectivity index (χ2n) is 8.81. The minimum Gasteiger partial charge on any atom is -0.378 e. The number of ether oxygens (including phenoxy) is 1. The summed E-state index contributed by atoms with van der Waals surface area (Å²) in [6.45, 7) is 4.97. The summed E-state index contributed by atoms with van der Waals surface area (Å²) in [5.41, 5.74) is 1.21. The van der Waals surface area contributed by atoms with Crippen molar-refractivity contribution >= 4 is 21.6 Å². The highest BCUT2D eigenvalue weighted by molar-refractivity contribution is 7.89. The molecule has 1 aromatic carbocycles. The molecule has 0 aromatic heterocycles. The van der Waals surface area contributed by atoms with Gasteiger partial charge in [-0.1, -0.05) is 25.7 Å². The third kappa shape index (κ3) is 5.23. The van der Waals surface area contributed by atoms with E-state index >= 15 is 0 Å². The highest BCUT2D eigenvalue weighted by Gasteiger charge is 2.31. The first-order chi connectivity index (χ1) is 15.1. The van der Waals surface area contributed by atoms with Crippen molar-refractivity contribution in [3.05, 3.63) is 23.8 Å². The molecule has 1 amide bonds. The quantitative estimate of drug-likeness (QED) is 0.706. The number of carbonyl (C=O) groups excluding carboxylic acids is 1. The van der Waals surface area contributed by atoms with E-state index in [-0.39, 0.29) is 5.91 Å². The maximum absolute atomic E-state index is 13.8. The molecule has 0 atom stereocenters. The van der Waals surface area contributed by atoms with E-state index in [1.165, 1.54) is 12.8 Å². The zero-order chi connectivity index (χ0) is 21.7. The lowest BCUT2D eigenvalue weighted by atomic mass is 10.1. The number of hydrogen-bond donors (Lipinski definition) is 0. The number of nitrogens with zero attached hydrogens (tertiary/aromatic N) is 3. The van der Waals surface area contributed by atoms with Gasteiger partial charge < -0.3 is 14.5 Å². The van der Waals surface area contributed by atoms with Gasteiger partial charge in [0.15, 0.2) is 0 Å². The highest BCUT2D eigenvalue weighted by atomic mass is 32.2. The lowest BCUT2D eigenvalue weighted by Crippen LogP contribution is -2.41. The smallest absolute Gasteiger partial charge is 0.254 e. The van der Waals surface area contributed by atoms with E-state index < -0.39 is 10.0 Å². The normalized spacial score (nSPS) is 22.1. The highest BCUT2D eigenvalue weighted by Crippen LogP contribution is 2.32. The molecule has 0 radical (unpaired) electrons. The monoisotopic (exact) mass is 449 g/mol. The number of anilines is 1. The van der Waals surface area contributed by atoms with Crippen molar-refractivity contribution in [2.75, 3.05) is 57.4 Å². The van der Waals surface area contributed by atoms with Crippen LogP contribution in [0.5, 0.6) is 0 Å². The summed E-state index contributed by atoms with van der Waals surface area (Å²) in [5.74, 6) is -0.113. The fraction of sp³-hybridized carbons (Fsp3) is 0.696. The number of sulfonamides is 1. The number of morpholine rings is 1. The van der Waals surface area contributed by atoms with Crippen LogP contribution in [0.4, 0.5) is 5.69 Å². The van der Waals surface area contributed by atoms with E-state index in [1.807, 2.05) is 6.07 Å². The average Bonchev–Trinajstić information content (AvgIpc) is 3.25. The Morgan fingerprint density at radius 3 is 1.97 bits per heavy atom. The lowest BCUT2D eigenvalue weighted by molar-refractivity contribution is 0.0302. The van der Waals surface area contributed by atoms with Crippen LogP contribution in [0.2, 0.25) is 0 Å². The minimum absolute atomic E-state index is 0.113. The Morgan fingerprint density at radius 2 is 1.35 bits per heavy atom. The van der Waals surface area contributed by atoms with Gasteiger partial charge in [-0.2, -0.15) is 4.31 Å². The first kappa shape index (κ1) is 22.6. The first-order valence-corrected chi connectivity index (χ1v) is 13.3. The molecule has 3 saturated heterocycles. The van der Waals surface area contributed by atoms with Crippen molar-refractivity contribution in [1.82, 2.24) is 9.21 Å². The Kier molecular flexibility index (Phi) is 7.51. The number of carbonyl (C=O) groups is 1. The van der Waals surface area contributed by atoms with Crippen molar-refractivity contribution in [3.63, 3.8) is 0 Å². The van der Waals surface area contributed by atoms with Crippen LogP contribution in [0.1, 0.15) is 61.7 Å². The number of benzene rings is 1. The Hall–Kier alpha value is -1.64. The fourth-order valence-electron chi connectivity index (χ4n) is 4.80. The molecule has 0 saturated carbocycles. The minimum atomic E-state index is -3.67. The van der Waals surface area contributed by atoms with Gasteiger partial charge in [-0.3, -0.25) is 4.79 Å². The van der Waals surface area contributed by atoms with Crippen LogP contribution in [0.15, 0.2) is 23.1 Å². The summed E-state index contributed by atoms with van der Waals surface area (Å²) in [6.07, 6.45) is 8.42. The van der Waals surface area contributed by atoms with Crippen LogP contribution < -0.4 is 4.90 Å². The Morgan fingerprint density at radius 1 is 0.774 bits per heavy atom. The average molecular weight is 450 g/mol.